The molecule has 0 saturated carbocycles. The van der Waals surface area contributed by atoms with Gasteiger partial charge in [0.2, 0.25) is 5.91 Å². The van der Waals surface area contributed by atoms with E-state index >= 15 is 0 Å². The highest BCUT2D eigenvalue weighted by Gasteiger charge is 2.10. The van der Waals surface area contributed by atoms with Gasteiger partial charge < -0.3 is 5.32 Å². The maximum atomic E-state index is 11.8. The molecule has 4 heteroatoms. The molecule has 1 aromatic heterocycles. The van der Waals surface area contributed by atoms with Gasteiger partial charge in [0, 0.05) is 18.5 Å². The molecule has 0 unspecified atom stereocenters. The van der Waals surface area contributed by atoms with Gasteiger partial charge in [-0.15, -0.1) is 11.3 Å². The summed E-state index contributed by atoms with van der Waals surface area (Å²) in [6, 6.07) is 9.52. The van der Waals surface area contributed by atoms with E-state index in [-0.39, 0.29) is 24.5 Å². The summed E-state index contributed by atoms with van der Waals surface area (Å²) >= 11 is 1.41. The van der Waals surface area contributed by atoms with Gasteiger partial charge in [-0.25, -0.2) is 0 Å². The summed E-state index contributed by atoms with van der Waals surface area (Å²) in [5.74, 6) is -0.101. The van der Waals surface area contributed by atoms with Crippen LogP contribution < -0.4 is 5.32 Å². The van der Waals surface area contributed by atoms with Crippen molar-refractivity contribution in [2.75, 3.05) is 5.32 Å². The second kappa shape index (κ2) is 6.48. The van der Waals surface area contributed by atoms with Crippen molar-refractivity contribution >= 4 is 28.7 Å². The molecule has 20 heavy (non-hydrogen) atoms. The Morgan fingerprint density at radius 3 is 2.40 bits per heavy atom. The predicted molar refractivity (Wildman–Crippen MR) is 82.4 cm³/mol. The SMILES string of the molecule is Cc1cc(C)cc(NC(=O)CCC(=O)c2cccs2)c1. The molecular formula is C16H17NO2S. The summed E-state index contributed by atoms with van der Waals surface area (Å²) in [6.07, 6.45) is 0.459. The number of amides is 1. The molecule has 3 nitrogen and oxygen atoms in total. The van der Waals surface area contributed by atoms with Crippen LogP contribution in [0.4, 0.5) is 5.69 Å². The number of hydrogen-bond acceptors (Lipinski definition) is 3. The van der Waals surface area contributed by atoms with E-state index in [9.17, 15) is 9.59 Å². The lowest BCUT2D eigenvalue weighted by Gasteiger charge is -2.07. The van der Waals surface area contributed by atoms with Gasteiger partial charge in [0.25, 0.3) is 0 Å². The highest BCUT2D eigenvalue weighted by molar-refractivity contribution is 7.12. The van der Waals surface area contributed by atoms with Crippen LogP contribution >= 0.6 is 11.3 Å². The number of rotatable bonds is 5. The quantitative estimate of drug-likeness (QED) is 0.846. The van der Waals surface area contributed by atoms with Crippen molar-refractivity contribution in [2.45, 2.75) is 26.7 Å². The fraction of sp³-hybridized carbons (Fsp3) is 0.250. The van der Waals surface area contributed by atoms with Gasteiger partial charge >= 0.3 is 0 Å². The van der Waals surface area contributed by atoms with E-state index < -0.39 is 0 Å². The molecular weight excluding hydrogens is 270 g/mol. The molecule has 1 N–H and O–H groups in total. The molecule has 104 valence electrons. The second-order valence-electron chi connectivity index (χ2n) is 4.83. The van der Waals surface area contributed by atoms with Gasteiger partial charge in [-0.3, -0.25) is 9.59 Å². The van der Waals surface area contributed by atoms with Gasteiger partial charge in [0.15, 0.2) is 5.78 Å². The smallest absolute Gasteiger partial charge is 0.224 e. The average molecular weight is 287 g/mol. The fourth-order valence-electron chi connectivity index (χ4n) is 2.06. The topological polar surface area (TPSA) is 46.2 Å². The summed E-state index contributed by atoms with van der Waals surface area (Å²) in [7, 11) is 0. The number of ketones is 1. The van der Waals surface area contributed by atoms with E-state index in [0.717, 1.165) is 16.8 Å². The zero-order valence-corrected chi connectivity index (χ0v) is 12.4. The van der Waals surface area contributed by atoms with Crippen molar-refractivity contribution in [3.05, 3.63) is 51.7 Å². The van der Waals surface area contributed by atoms with Crippen LogP contribution in [-0.4, -0.2) is 11.7 Å². The molecule has 1 heterocycles. The van der Waals surface area contributed by atoms with E-state index in [2.05, 4.69) is 11.4 Å². The van der Waals surface area contributed by atoms with Gasteiger partial charge in [-0.05, 0) is 48.6 Å². The zero-order valence-electron chi connectivity index (χ0n) is 11.6. The van der Waals surface area contributed by atoms with Crippen LogP contribution in [0.15, 0.2) is 35.7 Å². The van der Waals surface area contributed by atoms with Crippen molar-refractivity contribution in [1.29, 1.82) is 0 Å². The number of thiophene rings is 1. The normalized spacial score (nSPS) is 10.3. The third kappa shape index (κ3) is 4.03. The standard InChI is InChI=1S/C16H17NO2S/c1-11-8-12(2)10-13(9-11)17-16(19)6-5-14(18)15-4-3-7-20-15/h3-4,7-10H,5-6H2,1-2H3,(H,17,19). The monoisotopic (exact) mass is 287 g/mol. The minimum atomic E-state index is -0.125. The molecule has 1 amide bonds. The van der Waals surface area contributed by atoms with Gasteiger partial charge in [0.1, 0.15) is 0 Å². The molecule has 2 rings (SSSR count). The Morgan fingerprint density at radius 2 is 1.80 bits per heavy atom. The predicted octanol–water partition coefficient (Wildman–Crippen LogP) is 3.97. The number of Topliss-reactive ketones (excluding diaryl/α,β-unsaturated/α-hetero) is 1. The van der Waals surface area contributed by atoms with Crippen molar-refractivity contribution in [1.82, 2.24) is 0 Å². The first-order valence-electron chi connectivity index (χ1n) is 6.49. The molecule has 0 aliphatic rings. The number of carbonyl (C=O) groups excluding carboxylic acids is 2. The molecule has 0 bridgehead atoms. The summed E-state index contributed by atoms with van der Waals surface area (Å²) < 4.78 is 0. The molecule has 0 aliphatic carbocycles. The molecule has 0 aliphatic heterocycles. The van der Waals surface area contributed by atoms with Crippen LogP contribution in [0.2, 0.25) is 0 Å². The lowest BCUT2D eigenvalue weighted by Crippen LogP contribution is -2.13. The zero-order chi connectivity index (χ0) is 14.5. The Hall–Kier alpha value is -1.94. The number of carbonyl (C=O) groups is 2. The largest absolute Gasteiger partial charge is 0.326 e. The number of benzene rings is 1. The van der Waals surface area contributed by atoms with Gasteiger partial charge in [-0.1, -0.05) is 12.1 Å². The first-order chi connectivity index (χ1) is 9.54. The van der Waals surface area contributed by atoms with Gasteiger partial charge in [-0.2, -0.15) is 0 Å². The summed E-state index contributed by atoms with van der Waals surface area (Å²) in [4.78, 5) is 24.4. The maximum absolute atomic E-state index is 11.8. The fourth-order valence-corrected chi connectivity index (χ4v) is 2.75. The van der Waals surface area contributed by atoms with Crippen molar-refractivity contribution in [3.8, 4) is 0 Å². The number of hydrogen-bond donors (Lipinski definition) is 1. The second-order valence-corrected chi connectivity index (χ2v) is 5.77. The minimum absolute atomic E-state index is 0.0237. The molecule has 2 aromatic rings. The Balaban J connectivity index is 1.88. The van der Waals surface area contributed by atoms with Crippen LogP contribution in [0.1, 0.15) is 33.6 Å². The van der Waals surface area contributed by atoms with Crippen LogP contribution in [0.25, 0.3) is 0 Å². The molecule has 0 spiro atoms. The molecule has 0 saturated heterocycles. The first-order valence-corrected chi connectivity index (χ1v) is 7.37. The lowest BCUT2D eigenvalue weighted by atomic mass is 10.1. The summed E-state index contributed by atoms with van der Waals surface area (Å²) in [5, 5.41) is 4.70. The summed E-state index contributed by atoms with van der Waals surface area (Å²) in [5.41, 5.74) is 3.00. The van der Waals surface area contributed by atoms with Gasteiger partial charge in [0.05, 0.1) is 4.88 Å². The number of aryl methyl sites for hydroxylation is 2. The Kier molecular flexibility index (Phi) is 4.69. The average Bonchev–Trinajstić information content (AvgIpc) is 2.88. The molecule has 1 aromatic carbocycles. The Morgan fingerprint density at radius 1 is 1.10 bits per heavy atom. The molecule has 0 radical (unpaired) electrons. The van der Waals surface area contributed by atoms with Crippen LogP contribution in [0.5, 0.6) is 0 Å². The number of nitrogens with one attached hydrogen (secondary N) is 1. The highest BCUT2D eigenvalue weighted by atomic mass is 32.1. The van der Waals surface area contributed by atoms with E-state index in [0.29, 0.717) is 4.88 Å². The third-order valence-electron chi connectivity index (χ3n) is 2.88. The highest BCUT2D eigenvalue weighted by Crippen LogP contribution is 2.15. The maximum Gasteiger partial charge on any atom is 0.224 e. The van der Waals surface area contributed by atoms with Crippen molar-refractivity contribution in [3.63, 3.8) is 0 Å². The first kappa shape index (κ1) is 14.5. The molecule has 0 atom stereocenters. The lowest BCUT2D eigenvalue weighted by molar-refractivity contribution is -0.116. The number of anilines is 1. The Labute approximate surface area is 122 Å². The van der Waals surface area contributed by atoms with Crippen molar-refractivity contribution in [2.24, 2.45) is 0 Å². The van der Waals surface area contributed by atoms with E-state index in [1.807, 2.05) is 37.4 Å². The van der Waals surface area contributed by atoms with Crippen LogP contribution in [-0.2, 0) is 4.79 Å². The van der Waals surface area contributed by atoms with E-state index in [1.165, 1.54) is 11.3 Å². The third-order valence-corrected chi connectivity index (χ3v) is 3.79. The molecule has 0 fully saturated rings. The van der Waals surface area contributed by atoms with Crippen LogP contribution in [0, 0.1) is 13.8 Å². The van der Waals surface area contributed by atoms with Crippen molar-refractivity contribution < 1.29 is 9.59 Å². The summed E-state index contributed by atoms with van der Waals surface area (Å²) in [6.45, 7) is 3.98. The Bertz CT molecular complexity index is 597. The minimum Gasteiger partial charge on any atom is -0.326 e. The van der Waals surface area contributed by atoms with E-state index in [4.69, 9.17) is 0 Å². The van der Waals surface area contributed by atoms with E-state index in [1.54, 1.807) is 6.07 Å². The van der Waals surface area contributed by atoms with Crippen LogP contribution in [0.3, 0.4) is 0 Å².